The van der Waals surface area contributed by atoms with Crippen molar-refractivity contribution >= 4 is 86.7 Å². The molecule has 2 aromatic rings. The van der Waals surface area contributed by atoms with Gasteiger partial charge in [0.25, 0.3) is 11.8 Å². The van der Waals surface area contributed by atoms with E-state index in [1.54, 1.807) is 6.92 Å². The van der Waals surface area contributed by atoms with Crippen LogP contribution < -0.4 is 0 Å². The zero-order valence-electron chi connectivity index (χ0n) is 46.0. The maximum absolute atomic E-state index is 15.3. The molecule has 22 heteroatoms. The molecule has 0 aliphatic carbocycles. The molecule has 6 rings (SSSR count). The van der Waals surface area contributed by atoms with E-state index in [0.717, 1.165) is 48.0 Å². The molecule has 0 saturated heterocycles. The van der Waals surface area contributed by atoms with Gasteiger partial charge in [0.1, 0.15) is 39.3 Å². The van der Waals surface area contributed by atoms with Gasteiger partial charge in [-0.15, -0.1) is 0 Å². The van der Waals surface area contributed by atoms with E-state index in [0.29, 0.717) is 85.8 Å². The molecule has 5 amide bonds. The Morgan fingerprint density at radius 2 is 1.22 bits per heavy atom. The van der Waals surface area contributed by atoms with Crippen LogP contribution in [-0.4, -0.2) is 172 Å². The number of aromatic amines is 2. The van der Waals surface area contributed by atoms with Crippen molar-refractivity contribution in [2.24, 2.45) is 0 Å². The van der Waals surface area contributed by atoms with Crippen LogP contribution in [0.1, 0.15) is 180 Å². The summed E-state index contributed by atoms with van der Waals surface area (Å²) in [5.41, 5.74) is 7.74. The van der Waals surface area contributed by atoms with Crippen molar-refractivity contribution < 1.29 is 68.3 Å². The average Bonchev–Trinajstić information content (AvgIpc) is 4.16. The Morgan fingerprint density at radius 1 is 0.679 bits per heavy atom. The van der Waals surface area contributed by atoms with Gasteiger partial charge >= 0.3 is 23.9 Å². The molecule has 8 bridgehead atoms. The van der Waals surface area contributed by atoms with Gasteiger partial charge in [-0.05, 0) is 93.9 Å². The van der Waals surface area contributed by atoms with Crippen molar-refractivity contribution in [3.8, 4) is 0 Å². The molecule has 3 unspecified atom stereocenters. The van der Waals surface area contributed by atoms with Crippen LogP contribution in [0.2, 0.25) is 0 Å². The number of hydrogen-bond donors (Lipinski definition) is 6. The molecular weight excluding hydrogens is 1010 g/mol. The highest BCUT2D eigenvalue weighted by atomic mass is 16.5. The quantitative estimate of drug-likeness (QED) is 0.0423. The Bertz CT molecular complexity index is 2980. The van der Waals surface area contributed by atoms with Crippen molar-refractivity contribution in [3.63, 3.8) is 0 Å². The first kappa shape index (κ1) is 59.5. The summed E-state index contributed by atoms with van der Waals surface area (Å²) in [5, 5.41) is 38.1. The van der Waals surface area contributed by atoms with E-state index in [1.807, 2.05) is 66.7 Å². The molecule has 0 saturated carbocycles. The van der Waals surface area contributed by atoms with E-state index in [4.69, 9.17) is 14.7 Å². The molecule has 6 N–H and O–H groups in total. The number of aliphatic carboxylic acids is 4. The lowest BCUT2D eigenvalue weighted by Crippen LogP contribution is -2.51. The molecule has 0 radical (unpaired) electrons. The first-order valence-electron chi connectivity index (χ1n) is 26.5. The lowest BCUT2D eigenvalue weighted by molar-refractivity contribution is -0.153. The minimum Gasteiger partial charge on any atom is -0.480 e. The standard InChI is InChI=1S/C56H72N8O14/c1-10-13-15-16-20-78-34(8)49-31(5)37-21-39-33(7)56(9,18-17-42(65)61(24-43(66)62(26-45(68)69)27-46(70)71)25-44(67)63(28-47(72)73)29-48(74)75)53(60-39)51-52-50(54(76)64(55(51)77)19-14-11-2)32(6)38(59-52)22-40-35(12-3)30(4)36(57-40)23-41(49)58-37/h21-23,33-34,59-60H,10-20,24-29H2,1-9H3,(H,68,69)(H,70,71)(H,72,73)(H,74,75). The highest BCUT2D eigenvalue weighted by Gasteiger charge is 2.47. The predicted octanol–water partition coefficient (Wildman–Crippen LogP) is 6.66. The van der Waals surface area contributed by atoms with E-state index in [1.165, 1.54) is 4.90 Å². The molecular formula is C56H72N8O14. The second-order valence-corrected chi connectivity index (χ2v) is 20.6. The number of H-pyrrole nitrogens is 2. The summed E-state index contributed by atoms with van der Waals surface area (Å²) in [5.74, 6) is -11.2. The van der Waals surface area contributed by atoms with Crippen LogP contribution in [0.3, 0.4) is 0 Å². The number of imide groups is 1. The Labute approximate surface area is 452 Å². The van der Waals surface area contributed by atoms with E-state index in [-0.39, 0.29) is 35.7 Å². The van der Waals surface area contributed by atoms with E-state index >= 15 is 4.79 Å². The lowest BCUT2D eigenvalue weighted by atomic mass is 9.71. The van der Waals surface area contributed by atoms with Gasteiger partial charge in [0.05, 0.1) is 45.5 Å². The number of carboxylic acids is 4. The Hall–Kier alpha value is -7.75. The van der Waals surface area contributed by atoms with Gasteiger partial charge < -0.3 is 49.8 Å². The Balaban J connectivity index is 1.59. The average molecular weight is 1080 g/mol. The minimum absolute atomic E-state index is 0.101. The van der Waals surface area contributed by atoms with Crippen LogP contribution in [0, 0.1) is 6.92 Å². The Morgan fingerprint density at radius 3 is 1.77 bits per heavy atom. The number of hydrogen-bond acceptors (Lipinski definition) is 12. The summed E-state index contributed by atoms with van der Waals surface area (Å²) in [7, 11) is 0. The number of ether oxygens (including phenoxy) is 1. The molecule has 4 aliphatic heterocycles. The third kappa shape index (κ3) is 12.8. The summed E-state index contributed by atoms with van der Waals surface area (Å²) >= 11 is 0. The monoisotopic (exact) mass is 1080 g/mol. The number of nitrogens with one attached hydrogen (secondary N) is 2. The van der Waals surface area contributed by atoms with Crippen LogP contribution in [0.15, 0.2) is 18.2 Å². The van der Waals surface area contributed by atoms with E-state index < -0.39 is 110 Å². The molecule has 2 aromatic heterocycles. The molecule has 6 heterocycles. The number of rotatable bonds is 26. The molecule has 22 nitrogen and oxygen atoms in total. The van der Waals surface area contributed by atoms with Crippen molar-refractivity contribution in [1.29, 1.82) is 0 Å². The zero-order chi connectivity index (χ0) is 57.5. The number of allylic oxidation sites excluding steroid dienone is 3. The number of carboxylic acid groups (broad SMARTS) is 4. The van der Waals surface area contributed by atoms with Gasteiger partial charge in [0.15, 0.2) is 0 Å². The van der Waals surface area contributed by atoms with E-state index in [2.05, 4.69) is 16.9 Å². The van der Waals surface area contributed by atoms with Gasteiger partial charge in [-0.25, -0.2) is 9.97 Å². The summed E-state index contributed by atoms with van der Waals surface area (Å²) in [6.07, 6.45) is 4.90. The SMILES string of the molecule is CCCCCCOC(C)C1=C(C)c2cc3[nH]c(c4c5[nH]c(cc6nc(cc1n2)C(C)=C6CC)c(C)c5C(=O)N(CCCC)C4=O)C(C)(CCC(=O)N(CC(=O)N(CC(=O)O)CC(=O)O)CC(=O)N(CC(=O)O)CC(=O)O)C3C. The number of carbonyl (C=O) groups excluding carboxylic acids is 5. The molecule has 4 aliphatic rings. The van der Waals surface area contributed by atoms with Gasteiger partial charge in [0, 0.05) is 53.4 Å². The zero-order valence-corrected chi connectivity index (χ0v) is 46.0. The van der Waals surface area contributed by atoms with Crippen LogP contribution >= 0.6 is 0 Å². The van der Waals surface area contributed by atoms with Gasteiger partial charge in [-0.3, -0.25) is 48.1 Å². The summed E-state index contributed by atoms with van der Waals surface area (Å²) in [4.78, 5) is 139. The maximum atomic E-state index is 15.3. The fraction of sp³-hybridized carbons (Fsp3) is 0.518. The molecule has 420 valence electrons. The molecule has 0 fully saturated rings. The largest absolute Gasteiger partial charge is 0.480 e. The maximum Gasteiger partial charge on any atom is 0.323 e. The number of carbonyl (C=O) groups is 9. The molecule has 0 aromatic carbocycles. The second kappa shape index (κ2) is 25.2. The topological polar surface area (TPSA) is 314 Å². The third-order valence-corrected chi connectivity index (χ3v) is 15.2. The molecule has 78 heavy (non-hydrogen) atoms. The highest BCUT2D eigenvalue weighted by Crippen LogP contribution is 2.49. The normalized spacial score (nSPS) is 16.8. The number of fused-ring (bicyclic) bond motifs is 8. The predicted molar refractivity (Wildman–Crippen MR) is 287 cm³/mol. The van der Waals surface area contributed by atoms with Gasteiger partial charge in [-0.2, -0.15) is 0 Å². The minimum atomic E-state index is -1.58. The van der Waals surface area contributed by atoms with E-state index in [9.17, 15) is 58.8 Å². The van der Waals surface area contributed by atoms with Crippen molar-refractivity contribution in [2.75, 3.05) is 52.4 Å². The third-order valence-electron chi connectivity index (χ3n) is 15.2. The summed E-state index contributed by atoms with van der Waals surface area (Å²) < 4.78 is 6.49. The molecule has 3 atom stereocenters. The number of aryl methyl sites for hydroxylation is 1. The number of amides is 5. The smallest absolute Gasteiger partial charge is 0.323 e. The van der Waals surface area contributed by atoms with Crippen LogP contribution in [0.4, 0.5) is 0 Å². The highest BCUT2D eigenvalue weighted by molar-refractivity contribution is 6.23. The van der Waals surface area contributed by atoms with Crippen LogP contribution in [0.25, 0.3) is 33.3 Å². The fourth-order valence-electron chi connectivity index (χ4n) is 10.6. The second-order valence-electron chi connectivity index (χ2n) is 20.6. The van der Waals surface area contributed by atoms with Crippen molar-refractivity contribution in [2.45, 2.75) is 138 Å². The number of aromatic nitrogens is 4. The van der Waals surface area contributed by atoms with Crippen LogP contribution in [0.5, 0.6) is 0 Å². The van der Waals surface area contributed by atoms with Gasteiger partial charge in [-0.1, -0.05) is 60.3 Å². The summed E-state index contributed by atoms with van der Waals surface area (Å²) in [6, 6.07) is 5.74. The lowest BCUT2D eigenvalue weighted by Gasteiger charge is -2.34. The Kier molecular flexibility index (Phi) is 19.2. The van der Waals surface area contributed by atoms with Gasteiger partial charge in [0.2, 0.25) is 17.7 Å². The number of nitrogens with zero attached hydrogens (tertiary/aromatic N) is 6. The first-order valence-corrected chi connectivity index (χ1v) is 26.5. The fourth-order valence-corrected chi connectivity index (χ4v) is 10.6. The van der Waals surface area contributed by atoms with Crippen LogP contribution in [-0.2, 0) is 43.7 Å². The first-order chi connectivity index (χ1) is 36.9. The number of unbranched alkanes of at least 4 members (excludes halogenated alkanes) is 4. The van der Waals surface area contributed by atoms with Crippen molar-refractivity contribution in [1.82, 2.24) is 39.5 Å². The van der Waals surface area contributed by atoms with Crippen molar-refractivity contribution in [3.05, 3.63) is 69.1 Å². The molecule has 0 spiro atoms. The summed E-state index contributed by atoms with van der Waals surface area (Å²) in [6.45, 7) is 11.8.